The van der Waals surface area contributed by atoms with Gasteiger partial charge in [0.15, 0.2) is 0 Å². The van der Waals surface area contributed by atoms with Gasteiger partial charge in [0, 0.05) is 11.1 Å². The van der Waals surface area contributed by atoms with Crippen molar-refractivity contribution in [2.45, 2.75) is 27.2 Å². The molecule has 102 valence electrons. The quantitative estimate of drug-likeness (QED) is 0.886. The van der Waals surface area contributed by atoms with Gasteiger partial charge in [0.05, 0.1) is 12.8 Å². The molecule has 0 saturated heterocycles. The number of nitrogens with two attached hydrogens (primary N) is 1. The highest BCUT2D eigenvalue weighted by molar-refractivity contribution is 5.74. The summed E-state index contributed by atoms with van der Waals surface area (Å²) >= 11 is 0. The summed E-state index contributed by atoms with van der Waals surface area (Å²) in [5.74, 6) is 1.93. The van der Waals surface area contributed by atoms with E-state index < -0.39 is 0 Å². The third kappa shape index (κ3) is 2.72. The lowest BCUT2D eigenvalue weighted by Crippen LogP contribution is -2.00. The molecule has 0 aliphatic carbocycles. The van der Waals surface area contributed by atoms with E-state index in [1.807, 2.05) is 12.1 Å². The number of nitrogens with one attached hydrogen (secondary N) is 1. The molecule has 0 aliphatic rings. The van der Waals surface area contributed by atoms with Crippen molar-refractivity contribution in [2.24, 2.45) is 5.92 Å². The Morgan fingerprint density at radius 1 is 1.37 bits per heavy atom. The fraction of sp³-hybridized carbons (Fsp3) is 0.400. The third-order valence-electron chi connectivity index (χ3n) is 3.14. The highest BCUT2D eigenvalue weighted by atomic mass is 16.5. The lowest BCUT2D eigenvalue weighted by molar-refractivity contribution is 0.416. The highest BCUT2D eigenvalue weighted by Gasteiger charge is 2.17. The second-order valence-corrected chi connectivity index (χ2v) is 5.26. The summed E-state index contributed by atoms with van der Waals surface area (Å²) in [7, 11) is 1.68. The average molecular weight is 259 g/mol. The van der Waals surface area contributed by atoms with Crippen LogP contribution in [0.5, 0.6) is 5.75 Å². The number of ether oxygens (including phenoxy) is 1. The molecule has 0 radical (unpaired) electrons. The van der Waals surface area contributed by atoms with Crippen LogP contribution in [-0.4, -0.2) is 17.3 Å². The zero-order chi connectivity index (χ0) is 14.0. The molecule has 0 fully saturated rings. The first-order valence-electron chi connectivity index (χ1n) is 6.50. The van der Waals surface area contributed by atoms with E-state index in [0.717, 1.165) is 29.0 Å². The minimum atomic E-state index is 0.523. The van der Waals surface area contributed by atoms with Crippen molar-refractivity contribution < 1.29 is 4.74 Å². The van der Waals surface area contributed by atoms with E-state index >= 15 is 0 Å². The number of rotatable bonds is 4. The van der Waals surface area contributed by atoms with Crippen molar-refractivity contribution in [3.63, 3.8) is 0 Å². The summed E-state index contributed by atoms with van der Waals surface area (Å²) in [5.41, 5.74) is 10.2. The molecule has 1 aromatic carbocycles. The predicted molar refractivity (Wildman–Crippen MR) is 78.3 cm³/mol. The molecule has 4 nitrogen and oxygen atoms in total. The molecule has 0 unspecified atom stereocenters. The van der Waals surface area contributed by atoms with E-state index in [-0.39, 0.29) is 0 Å². The van der Waals surface area contributed by atoms with Gasteiger partial charge in [-0.3, -0.25) is 5.10 Å². The van der Waals surface area contributed by atoms with Gasteiger partial charge < -0.3 is 10.5 Å². The number of hydrogen-bond acceptors (Lipinski definition) is 3. The van der Waals surface area contributed by atoms with Crippen molar-refractivity contribution in [3.05, 3.63) is 29.3 Å². The van der Waals surface area contributed by atoms with Crippen LogP contribution in [0, 0.1) is 12.8 Å². The van der Waals surface area contributed by atoms with E-state index in [1.54, 1.807) is 7.11 Å². The largest absolute Gasteiger partial charge is 0.496 e. The van der Waals surface area contributed by atoms with Crippen LogP contribution >= 0.6 is 0 Å². The Balaban J connectivity index is 2.55. The molecule has 0 saturated carbocycles. The number of methoxy groups -OCH3 is 1. The zero-order valence-corrected chi connectivity index (χ0v) is 11.9. The Hall–Kier alpha value is -1.97. The van der Waals surface area contributed by atoms with Crippen LogP contribution in [0.2, 0.25) is 0 Å². The number of nitrogen functional groups attached to an aromatic ring is 1. The average Bonchev–Trinajstić information content (AvgIpc) is 2.70. The maximum atomic E-state index is 5.97. The van der Waals surface area contributed by atoms with Gasteiger partial charge in [-0.1, -0.05) is 25.5 Å². The molecule has 1 aromatic heterocycles. The molecule has 2 rings (SSSR count). The van der Waals surface area contributed by atoms with Crippen LogP contribution in [0.3, 0.4) is 0 Å². The lowest BCUT2D eigenvalue weighted by atomic mass is 9.98. The summed E-state index contributed by atoms with van der Waals surface area (Å²) in [6, 6.07) is 6.10. The first-order valence-corrected chi connectivity index (χ1v) is 6.50. The number of hydrogen-bond donors (Lipinski definition) is 2. The molecule has 0 bridgehead atoms. The summed E-state index contributed by atoms with van der Waals surface area (Å²) in [6.45, 7) is 6.40. The van der Waals surface area contributed by atoms with Crippen molar-refractivity contribution in [1.82, 2.24) is 10.2 Å². The van der Waals surface area contributed by atoms with Crippen molar-refractivity contribution in [3.8, 4) is 17.0 Å². The lowest BCUT2D eigenvalue weighted by Gasteiger charge is -2.11. The standard InChI is InChI=1S/C15H21N3O/c1-9(2)7-12-14(17-18-15(12)16)11-8-10(3)5-6-13(11)19-4/h5-6,8-9H,7H2,1-4H3,(H3,16,17,18). The fourth-order valence-corrected chi connectivity index (χ4v) is 2.23. The molecular weight excluding hydrogens is 238 g/mol. The van der Waals surface area contributed by atoms with E-state index in [0.29, 0.717) is 11.7 Å². The molecule has 0 amide bonds. The van der Waals surface area contributed by atoms with Crippen LogP contribution in [0.4, 0.5) is 5.82 Å². The Morgan fingerprint density at radius 3 is 2.74 bits per heavy atom. The SMILES string of the molecule is COc1ccc(C)cc1-c1[nH]nc(N)c1CC(C)C. The molecule has 0 aliphatic heterocycles. The summed E-state index contributed by atoms with van der Waals surface area (Å²) in [6.07, 6.45) is 0.898. The molecule has 1 heterocycles. The maximum absolute atomic E-state index is 5.97. The second kappa shape index (κ2) is 5.34. The van der Waals surface area contributed by atoms with Crippen LogP contribution in [0.15, 0.2) is 18.2 Å². The normalized spacial score (nSPS) is 11.0. The number of aryl methyl sites for hydroxylation is 1. The Bertz CT molecular complexity index is 573. The van der Waals surface area contributed by atoms with Gasteiger partial charge in [-0.15, -0.1) is 0 Å². The van der Waals surface area contributed by atoms with Gasteiger partial charge in [0.2, 0.25) is 0 Å². The Kier molecular flexibility index (Phi) is 3.79. The first kappa shape index (κ1) is 13.5. The van der Waals surface area contributed by atoms with Gasteiger partial charge in [-0.25, -0.2) is 0 Å². The first-order chi connectivity index (χ1) is 9.02. The number of benzene rings is 1. The Morgan fingerprint density at radius 2 is 2.11 bits per heavy atom. The zero-order valence-electron chi connectivity index (χ0n) is 11.9. The molecule has 19 heavy (non-hydrogen) atoms. The number of anilines is 1. The van der Waals surface area contributed by atoms with Crippen LogP contribution in [0.25, 0.3) is 11.3 Å². The van der Waals surface area contributed by atoms with Crippen molar-refractivity contribution in [1.29, 1.82) is 0 Å². The molecule has 0 spiro atoms. The third-order valence-corrected chi connectivity index (χ3v) is 3.14. The van der Waals surface area contributed by atoms with Gasteiger partial charge in [0.1, 0.15) is 11.6 Å². The summed E-state index contributed by atoms with van der Waals surface area (Å²) in [5, 5.41) is 7.19. The Labute approximate surface area is 114 Å². The van der Waals surface area contributed by atoms with Crippen LogP contribution < -0.4 is 10.5 Å². The highest BCUT2D eigenvalue weighted by Crippen LogP contribution is 2.34. The monoisotopic (exact) mass is 259 g/mol. The van der Waals surface area contributed by atoms with E-state index in [2.05, 4.69) is 37.0 Å². The van der Waals surface area contributed by atoms with E-state index in [1.165, 1.54) is 5.56 Å². The number of nitrogens with zero attached hydrogens (tertiary/aromatic N) is 1. The van der Waals surface area contributed by atoms with Crippen LogP contribution in [-0.2, 0) is 6.42 Å². The topological polar surface area (TPSA) is 63.9 Å². The van der Waals surface area contributed by atoms with Crippen molar-refractivity contribution in [2.75, 3.05) is 12.8 Å². The molecule has 0 atom stereocenters. The van der Waals surface area contributed by atoms with E-state index in [4.69, 9.17) is 10.5 Å². The summed E-state index contributed by atoms with van der Waals surface area (Å²) in [4.78, 5) is 0. The van der Waals surface area contributed by atoms with Gasteiger partial charge in [-0.2, -0.15) is 5.10 Å². The van der Waals surface area contributed by atoms with Gasteiger partial charge in [0.25, 0.3) is 0 Å². The molecule has 3 N–H and O–H groups in total. The van der Waals surface area contributed by atoms with Crippen molar-refractivity contribution >= 4 is 5.82 Å². The van der Waals surface area contributed by atoms with Gasteiger partial charge in [-0.05, 0) is 31.4 Å². The number of aromatic nitrogens is 2. The smallest absolute Gasteiger partial charge is 0.149 e. The van der Waals surface area contributed by atoms with E-state index in [9.17, 15) is 0 Å². The molecular formula is C15H21N3O. The second-order valence-electron chi connectivity index (χ2n) is 5.26. The minimum absolute atomic E-state index is 0.523. The maximum Gasteiger partial charge on any atom is 0.149 e. The fourth-order valence-electron chi connectivity index (χ4n) is 2.23. The van der Waals surface area contributed by atoms with Crippen LogP contribution in [0.1, 0.15) is 25.0 Å². The predicted octanol–water partition coefficient (Wildman–Crippen LogP) is 3.17. The molecule has 2 aromatic rings. The van der Waals surface area contributed by atoms with Gasteiger partial charge >= 0.3 is 0 Å². The number of H-pyrrole nitrogens is 1. The number of aromatic amines is 1. The minimum Gasteiger partial charge on any atom is -0.496 e. The summed E-state index contributed by atoms with van der Waals surface area (Å²) < 4.78 is 5.44. The molecule has 4 heteroatoms.